The number of thioether (sulfide) groups is 1. The van der Waals surface area contributed by atoms with Crippen molar-refractivity contribution in [2.24, 2.45) is 0 Å². The highest BCUT2D eigenvalue weighted by Gasteiger charge is 2.08. The van der Waals surface area contributed by atoms with Gasteiger partial charge in [-0.25, -0.2) is 0 Å². The largest absolute Gasteiger partial charge is 0.395 e. The van der Waals surface area contributed by atoms with Crippen molar-refractivity contribution in [1.82, 2.24) is 0 Å². The van der Waals surface area contributed by atoms with Crippen LogP contribution in [0.25, 0.3) is 0 Å². The van der Waals surface area contributed by atoms with Gasteiger partial charge in [0.05, 0.1) is 12.4 Å². The molecule has 1 N–H and O–H groups in total. The van der Waals surface area contributed by atoms with E-state index in [2.05, 4.69) is 0 Å². The van der Waals surface area contributed by atoms with Crippen molar-refractivity contribution in [3.05, 3.63) is 34.9 Å². The number of carbonyl (C=O) groups excluding carboxylic acids is 1. The van der Waals surface area contributed by atoms with Crippen LogP contribution in [0.1, 0.15) is 17.3 Å². The summed E-state index contributed by atoms with van der Waals surface area (Å²) < 4.78 is 0. The summed E-state index contributed by atoms with van der Waals surface area (Å²) in [6, 6.07) is 6.84. The van der Waals surface area contributed by atoms with Gasteiger partial charge in [0.2, 0.25) is 0 Å². The molecule has 0 fully saturated rings. The number of hydrogen-bond acceptors (Lipinski definition) is 3. The summed E-state index contributed by atoms with van der Waals surface area (Å²) in [7, 11) is 0. The van der Waals surface area contributed by atoms with E-state index < -0.39 is 0 Å². The SMILES string of the molecule is CC(CO)SCC(=O)c1ccc(Cl)cc1. The first-order valence-electron chi connectivity index (χ1n) is 4.64. The number of halogens is 1. The summed E-state index contributed by atoms with van der Waals surface area (Å²) >= 11 is 7.17. The first-order valence-corrected chi connectivity index (χ1v) is 6.07. The van der Waals surface area contributed by atoms with Crippen molar-refractivity contribution in [3.63, 3.8) is 0 Å². The number of rotatable bonds is 5. The first kappa shape index (κ1) is 12.6. The first-order chi connectivity index (χ1) is 7.13. The third-order valence-corrected chi connectivity index (χ3v) is 3.32. The zero-order valence-corrected chi connectivity index (χ0v) is 10.0. The fourth-order valence-corrected chi connectivity index (χ4v) is 1.82. The summed E-state index contributed by atoms with van der Waals surface area (Å²) in [6.45, 7) is 1.98. The van der Waals surface area contributed by atoms with E-state index >= 15 is 0 Å². The lowest BCUT2D eigenvalue weighted by atomic mass is 10.1. The minimum absolute atomic E-state index is 0.0666. The molecule has 0 amide bonds. The fourth-order valence-electron chi connectivity index (χ4n) is 0.990. The smallest absolute Gasteiger partial charge is 0.172 e. The Morgan fingerprint density at radius 2 is 2.07 bits per heavy atom. The van der Waals surface area contributed by atoms with Crippen LogP contribution in [0.2, 0.25) is 5.02 Å². The molecule has 1 aromatic rings. The van der Waals surface area contributed by atoms with Crippen molar-refractivity contribution in [2.75, 3.05) is 12.4 Å². The lowest BCUT2D eigenvalue weighted by Crippen LogP contribution is -2.09. The lowest BCUT2D eigenvalue weighted by molar-refractivity contribution is 0.102. The molecule has 0 aliphatic carbocycles. The predicted octanol–water partition coefficient (Wildman–Crippen LogP) is 2.64. The zero-order valence-electron chi connectivity index (χ0n) is 8.44. The molecule has 0 saturated heterocycles. The molecule has 0 aliphatic heterocycles. The Balaban J connectivity index is 2.50. The van der Waals surface area contributed by atoms with E-state index in [4.69, 9.17) is 16.7 Å². The quantitative estimate of drug-likeness (QED) is 0.810. The average Bonchev–Trinajstić information content (AvgIpc) is 2.26. The molecule has 1 unspecified atom stereocenters. The number of ketones is 1. The molecule has 0 spiro atoms. The van der Waals surface area contributed by atoms with Gasteiger partial charge < -0.3 is 5.11 Å². The van der Waals surface area contributed by atoms with Crippen LogP contribution in [0.15, 0.2) is 24.3 Å². The summed E-state index contributed by atoms with van der Waals surface area (Å²) in [6.07, 6.45) is 0. The molecule has 15 heavy (non-hydrogen) atoms. The Kier molecular flexibility index (Phi) is 5.15. The molecular formula is C11H13ClO2S. The van der Waals surface area contributed by atoms with Crippen LogP contribution in [0.4, 0.5) is 0 Å². The van der Waals surface area contributed by atoms with Gasteiger partial charge in [-0.3, -0.25) is 4.79 Å². The molecule has 82 valence electrons. The van der Waals surface area contributed by atoms with Gasteiger partial charge in [-0.05, 0) is 24.3 Å². The summed E-state index contributed by atoms with van der Waals surface area (Å²) in [5.41, 5.74) is 0.664. The van der Waals surface area contributed by atoms with Crippen molar-refractivity contribution in [1.29, 1.82) is 0 Å². The van der Waals surface area contributed by atoms with Crippen molar-refractivity contribution in [2.45, 2.75) is 12.2 Å². The molecular weight excluding hydrogens is 232 g/mol. The van der Waals surface area contributed by atoms with Gasteiger partial charge in [0.15, 0.2) is 5.78 Å². The van der Waals surface area contributed by atoms with Gasteiger partial charge in [-0.1, -0.05) is 18.5 Å². The van der Waals surface area contributed by atoms with Crippen LogP contribution in [0.3, 0.4) is 0 Å². The van der Waals surface area contributed by atoms with Crippen molar-refractivity contribution >= 4 is 29.1 Å². The van der Waals surface area contributed by atoms with Crippen LogP contribution in [0, 0.1) is 0 Å². The minimum Gasteiger partial charge on any atom is -0.395 e. The number of aliphatic hydroxyl groups is 1. The van der Waals surface area contributed by atoms with E-state index in [0.717, 1.165) is 0 Å². The van der Waals surface area contributed by atoms with Crippen molar-refractivity contribution in [3.8, 4) is 0 Å². The highest BCUT2D eigenvalue weighted by molar-refractivity contribution is 8.00. The Labute approximate surface area is 98.6 Å². The lowest BCUT2D eigenvalue weighted by Gasteiger charge is -2.06. The Bertz CT molecular complexity index is 324. The highest BCUT2D eigenvalue weighted by atomic mass is 35.5. The van der Waals surface area contributed by atoms with E-state index in [1.54, 1.807) is 24.3 Å². The predicted molar refractivity (Wildman–Crippen MR) is 64.8 cm³/mol. The van der Waals surface area contributed by atoms with Gasteiger partial charge in [-0.15, -0.1) is 11.8 Å². The molecule has 0 radical (unpaired) electrons. The monoisotopic (exact) mass is 244 g/mol. The molecule has 0 heterocycles. The summed E-state index contributed by atoms with van der Waals surface area (Å²) in [5.74, 6) is 0.459. The molecule has 0 saturated carbocycles. The molecule has 2 nitrogen and oxygen atoms in total. The maximum absolute atomic E-state index is 11.6. The van der Waals surface area contributed by atoms with E-state index in [0.29, 0.717) is 16.3 Å². The zero-order chi connectivity index (χ0) is 11.3. The van der Waals surface area contributed by atoms with Crippen LogP contribution in [-0.4, -0.2) is 28.5 Å². The van der Waals surface area contributed by atoms with E-state index in [-0.39, 0.29) is 17.6 Å². The van der Waals surface area contributed by atoms with Gasteiger partial charge in [0.1, 0.15) is 0 Å². The molecule has 1 atom stereocenters. The molecule has 0 aromatic heterocycles. The fraction of sp³-hybridized carbons (Fsp3) is 0.364. The minimum atomic E-state index is 0.0666. The van der Waals surface area contributed by atoms with Crippen molar-refractivity contribution < 1.29 is 9.90 Å². The third-order valence-electron chi connectivity index (χ3n) is 1.92. The molecule has 1 aromatic carbocycles. The second kappa shape index (κ2) is 6.16. The van der Waals surface area contributed by atoms with Gasteiger partial charge in [-0.2, -0.15) is 0 Å². The molecule has 4 heteroatoms. The maximum Gasteiger partial charge on any atom is 0.172 e. The van der Waals surface area contributed by atoms with Gasteiger partial charge in [0.25, 0.3) is 0 Å². The highest BCUT2D eigenvalue weighted by Crippen LogP contribution is 2.14. The van der Waals surface area contributed by atoms with Crippen LogP contribution in [-0.2, 0) is 0 Å². The van der Waals surface area contributed by atoms with E-state index in [9.17, 15) is 4.79 Å². The molecule has 0 aliphatic rings. The number of hydrogen-bond donors (Lipinski definition) is 1. The summed E-state index contributed by atoms with van der Waals surface area (Å²) in [4.78, 5) is 11.6. The van der Waals surface area contributed by atoms with Crippen LogP contribution < -0.4 is 0 Å². The Morgan fingerprint density at radius 1 is 1.47 bits per heavy atom. The van der Waals surface area contributed by atoms with Gasteiger partial charge >= 0.3 is 0 Å². The van der Waals surface area contributed by atoms with Gasteiger partial charge in [0, 0.05) is 15.8 Å². The van der Waals surface area contributed by atoms with E-state index in [1.807, 2.05) is 6.92 Å². The second-order valence-electron chi connectivity index (χ2n) is 3.23. The number of benzene rings is 1. The third kappa shape index (κ3) is 4.24. The number of carbonyl (C=O) groups is 1. The number of aliphatic hydroxyl groups excluding tert-OH is 1. The van der Waals surface area contributed by atoms with Crippen LogP contribution in [0.5, 0.6) is 0 Å². The molecule has 1 rings (SSSR count). The second-order valence-corrected chi connectivity index (χ2v) is 5.10. The standard InChI is InChI=1S/C11H13ClO2S/c1-8(6-13)15-7-11(14)9-2-4-10(12)5-3-9/h2-5,8,13H,6-7H2,1H3. The normalized spacial score (nSPS) is 12.5. The molecule has 0 bridgehead atoms. The summed E-state index contributed by atoms with van der Waals surface area (Å²) in [5, 5.41) is 9.53. The Morgan fingerprint density at radius 3 is 2.60 bits per heavy atom. The topological polar surface area (TPSA) is 37.3 Å². The van der Waals surface area contributed by atoms with Crippen LogP contribution >= 0.6 is 23.4 Å². The Hall–Kier alpha value is -0.510. The van der Waals surface area contributed by atoms with E-state index in [1.165, 1.54) is 11.8 Å². The number of Topliss-reactive ketones (excluding diaryl/α,β-unsaturated/α-hetero) is 1. The maximum atomic E-state index is 11.6. The average molecular weight is 245 g/mol.